The van der Waals surface area contributed by atoms with Crippen LogP contribution in [0.25, 0.3) is 0 Å². The SMILES string of the molecule is O=C1CC(CS)CN1CCOCCO. The van der Waals surface area contributed by atoms with Crippen LogP contribution in [0.1, 0.15) is 6.42 Å². The van der Waals surface area contributed by atoms with Crippen LogP contribution in [0.4, 0.5) is 0 Å². The lowest BCUT2D eigenvalue weighted by molar-refractivity contribution is -0.128. The molecule has 14 heavy (non-hydrogen) atoms. The van der Waals surface area contributed by atoms with Gasteiger partial charge >= 0.3 is 0 Å². The fraction of sp³-hybridized carbons (Fsp3) is 0.889. The van der Waals surface area contributed by atoms with Crippen LogP contribution in [0.15, 0.2) is 0 Å². The average molecular weight is 219 g/mol. The highest BCUT2D eigenvalue weighted by Crippen LogP contribution is 2.17. The molecule has 0 aromatic rings. The maximum absolute atomic E-state index is 11.4. The van der Waals surface area contributed by atoms with Gasteiger partial charge in [0.15, 0.2) is 0 Å². The Balaban J connectivity index is 2.15. The molecule has 1 aliphatic heterocycles. The molecule has 1 aliphatic rings. The van der Waals surface area contributed by atoms with Gasteiger partial charge in [-0.25, -0.2) is 0 Å². The van der Waals surface area contributed by atoms with Gasteiger partial charge in [0.05, 0.1) is 19.8 Å². The molecule has 0 radical (unpaired) electrons. The molecule has 0 aliphatic carbocycles. The summed E-state index contributed by atoms with van der Waals surface area (Å²) < 4.78 is 5.10. The third-order valence-corrected chi connectivity index (χ3v) is 2.81. The van der Waals surface area contributed by atoms with Crippen LogP contribution >= 0.6 is 12.6 Å². The lowest BCUT2D eigenvalue weighted by atomic mass is 10.1. The molecule has 1 fully saturated rings. The highest BCUT2D eigenvalue weighted by Gasteiger charge is 2.27. The van der Waals surface area contributed by atoms with Gasteiger partial charge in [0.1, 0.15) is 0 Å². The van der Waals surface area contributed by atoms with Crippen molar-refractivity contribution in [2.45, 2.75) is 6.42 Å². The van der Waals surface area contributed by atoms with Gasteiger partial charge in [-0.15, -0.1) is 0 Å². The number of likely N-dealkylation sites (tertiary alicyclic amines) is 1. The molecule has 0 saturated carbocycles. The van der Waals surface area contributed by atoms with Gasteiger partial charge in [-0.05, 0) is 11.7 Å². The fourth-order valence-corrected chi connectivity index (χ4v) is 1.78. The summed E-state index contributed by atoms with van der Waals surface area (Å²) in [5.41, 5.74) is 0. The quantitative estimate of drug-likeness (QED) is 0.479. The van der Waals surface area contributed by atoms with Crippen LogP contribution < -0.4 is 0 Å². The van der Waals surface area contributed by atoms with E-state index in [1.54, 1.807) is 4.90 Å². The Morgan fingerprint density at radius 2 is 2.36 bits per heavy atom. The number of carbonyl (C=O) groups excluding carboxylic acids is 1. The lowest BCUT2D eigenvalue weighted by Crippen LogP contribution is -2.29. The Hall–Kier alpha value is -0.260. The van der Waals surface area contributed by atoms with E-state index < -0.39 is 0 Å². The van der Waals surface area contributed by atoms with Crippen LogP contribution in [0.3, 0.4) is 0 Å². The second kappa shape index (κ2) is 6.27. The standard InChI is InChI=1S/C9H17NO3S/c11-2-4-13-3-1-10-6-8(7-14)5-9(10)12/h8,11,14H,1-7H2. The van der Waals surface area contributed by atoms with Crippen molar-refractivity contribution in [1.29, 1.82) is 0 Å². The van der Waals surface area contributed by atoms with E-state index >= 15 is 0 Å². The number of amides is 1. The van der Waals surface area contributed by atoms with Crippen LogP contribution in [0.2, 0.25) is 0 Å². The summed E-state index contributed by atoms with van der Waals surface area (Å²) in [6.07, 6.45) is 0.615. The van der Waals surface area contributed by atoms with Crippen LogP contribution in [0.5, 0.6) is 0 Å². The number of rotatable bonds is 6. The maximum Gasteiger partial charge on any atom is 0.223 e. The molecule has 1 rings (SSSR count). The second-order valence-electron chi connectivity index (χ2n) is 3.43. The van der Waals surface area contributed by atoms with Crippen molar-refractivity contribution in [3.05, 3.63) is 0 Å². The molecule has 0 bridgehead atoms. The Kier molecular flexibility index (Phi) is 5.29. The number of aliphatic hydroxyl groups is 1. The van der Waals surface area contributed by atoms with E-state index in [1.807, 2.05) is 0 Å². The molecule has 0 aromatic heterocycles. The highest BCUT2D eigenvalue weighted by atomic mass is 32.1. The van der Waals surface area contributed by atoms with E-state index in [1.165, 1.54) is 0 Å². The van der Waals surface area contributed by atoms with Gasteiger partial charge < -0.3 is 14.7 Å². The van der Waals surface area contributed by atoms with Gasteiger partial charge in [0, 0.05) is 19.5 Å². The number of hydrogen-bond acceptors (Lipinski definition) is 4. The summed E-state index contributed by atoms with van der Waals surface area (Å²) in [4.78, 5) is 13.2. The minimum absolute atomic E-state index is 0.0349. The molecule has 1 unspecified atom stereocenters. The molecular weight excluding hydrogens is 202 g/mol. The summed E-state index contributed by atoms with van der Waals surface area (Å²) in [6, 6.07) is 0. The minimum Gasteiger partial charge on any atom is -0.394 e. The highest BCUT2D eigenvalue weighted by molar-refractivity contribution is 7.80. The molecule has 82 valence electrons. The normalized spacial score (nSPS) is 22.0. The predicted molar refractivity (Wildman–Crippen MR) is 56.4 cm³/mol. The molecule has 5 heteroatoms. The smallest absolute Gasteiger partial charge is 0.223 e. The molecule has 1 amide bonds. The zero-order chi connectivity index (χ0) is 10.4. The van der Waals surface area contributed by atoms with Gasteiger partial charge in [-0.2, -0.15) is 12.6 Å². The molecule has 1 N–H and O–H groups in total. The summed E-state index contributed by atoms with van der Waals surface area (Å²) in [7, 11) is 0. The van der Waals surface area contributed by atoms with E-state index in [0.717, 1.165) is 12.3 Å². The van der Waals surface area contributed by atoms with E-state index in [4.69, 9.17) is 9.84 Å². The number of ether oxygens (including phenoxy) is 1. The topological polar surface area (TPSA) is 49.8 Å². The second-order valence-corrected chi connectivity index (χ2v) is 3.79. The first-order chi connectivity index (χ1) is 6.77. The molecule has 4 nitrogen and oxygen atoms in total. The molecule has 0 spiro atoms. The van der Waals surface area contributed by atoms with Crippen LogP contribution in [-0.4, -0.2) is 54.6 Å². The van der Waals surface area contributed by atoms with Crippen molar-refractivity contribution in [3.63, 3.8) is 0 Å². The van der Waals surface area contributed by atoms with Crippen molar-refractivity contribution in [1.82, 2.24) is 4.90 Å². The van der Waals surface area contributed by atoms with Crippen LogP contribution in [0, 0.1) is 5.92 Å². The zero-order valence-corrected chi connectivity index (χ0v) is 9.08. The molecule has 1 heterocycles. The number of hydrogen-bond donors (Lipinski definition) is 2. The third kappa shape index (κ3) is 3.48. The lowest BCUT2D eigenvalue weighted by Gasteiger charge is -2.15. The first-order valence-corrected chi connectivity index (χ1v) is 5.48. The number of thiol groups is 1. The zero-order valence-electron chi connectivity index (χ0n) is 8.19. The summed E-state index contributed by atoms with van der Waals surface area (Å²) in [5.74, 6) is 1.35. The van der Waals surface area contributed by atoms with Crippen molar-refractivity contribution in [2.24, 2.45) is 5.92 Å². The summed E-state index contributed by atoms with van der Waals surface area (Å²) in [6.45, 7) is 2.31. The predicted octanol–water partition coefficient (Wildman–Crippen LogP) is -0.226. The largest absolute Gasteiger partial charge is 0.394 e. The number of aliphatic hydroxyl groups excluding tert-OH is 1. The summed E-state index contributed by atoms with van der Waals surface area (Å²) >= 11 is 4.18. The van der Waals surface area contributed by atoms with E-state index in [9.17, 15) is 4.79 Å². The Morgan fingerprint density at radius 1 is 1.57 bits per heavy atom. The van der Waals surface area contributed by atoms with E-state index in [-0.39, 0.29) is 12.5 Å². The van der Waals surface area contributed by atoms with Crippen molar-refractivity contribution in [3.8, 4) is 0 Å². The average Bonchev–Trinajstić information content (AvgIpc) is 2.54. The van der Waals surface area contributed by atoms with Gasteiger partial charge in [0.2, 0.25) is 5.91 Å². The van der Waals surface area contributed by atoms with Crippen molar-refractivity contribution in [2.75, 3.05) is 38.7 Å². The fourth-order valence-electron chi connectivity index (χ4n) is 1.53. The molecule has 1 saturated heterocycles. The Morgan fingerprint density at radius 3 is 2.93 bits per heavy atom. The minimum atomic E-state index is 0.0349. The van der Waals surface area contributed by atoms with Crippen molar-refractivity contribution >= 4 is 18.5 Å². The van der Waals surface area contributed by atoms with E-state index in [0.29, 0.717) is 32.1 Å². The monoisotopic (exact) mass is 219 g/mol. The van der Waals surface area contributed by atoms with Crippen molar-refractivity contribution < 1.29 is 14.6 Å². The molecular formula is C9H17NO3S. The number of carbonyl (C=O) groups is 1. The summed E-state index contributed by atoms with van der Waals surface area (Å²) in [5, 5.41) is 8.47. The molecule has 1 atom stereocenters. The first kappa shape index (κ1) is 11.8. The van der Waals surface area contributed by atoms with Gasteiger partial charge in [-0.3, -0.25) is 4.79 Å². The number of nitrogens with zero attached hydrogens (tertiary/aromatic N) is 1. The van der Waals surface area contributed by atoms with E-state index in [2.05, 4.69) is 12.6 Å². The Bertz CT molecular complexity index is 189. The Labute approximate surface area is 89.6 Å². The van der Waals surface area contributed by atoms with Gasteiger partial charge in [0.25, 0.3) is 0 Å². The first-order valence-electron chi connectivity index (χ1n) is 4.85. The molecule has 0 aromatic carbocycles. The maximum atomic E-state index is 11.4. The third-order valence-electron chi connectivity index (χ3n) is 2.29. The van der Waals surface area contributed by atoms with Gasteiger partial charge in [-0.1, -0.05) is 0 Å². The van der Waals surface area contributed by atoms with Crippen LogP contribution in [-0.2, 0) is 9.53 Å².